The zero-order valence-electron chi connectivity index (χ0n) is 22.9. The summed E-state index contributed by atoms with van der Waals surface area (Å²) in [6.07, 6.45) is -2.68. The van der Waals surface area contributed by atoms with Crippen LogP contribution in [0.15, 0.2) is 65.7 Å². The third-order valence-electron chi connectivity index (χ3n) is 7.28. The number of hydrogen-bond acceptors (Lipinski definition) is 4. The first-order valence-corrected chi connectivity index (χ1v) is 13.5. The molecule has 4 nitrogen and oxygen atoms in total. The summed E-state index contributed by atoms with van der Waals surface area (Å²) in [4.78, 5) is 7.29. The van der Waals surface area contributed by atoms with Crippen molar-refractivity contribution in [3.63, 3.8) is 0 Å². The minimum absolute atomic E-state index is 0.101. The number of hydrogen-bond donors (Lipinski definition) is 2. The topological polar surface area (TPSA) is 39.7 Å². The molecule has 0 bridgehead atoms. The fraction of sp³-hybridized carbons (Fsp3) is 0.387. The molecule has 0 radical (unpaired) electrons. The normalized spacial score (nSPS) is 16.0. The molecule has 0 saturated carbocycles. The van der Waals surface area contributed by atoms with E-state index in [1.54, 1.807) is 18.2 Å². The van der Waals surface area contributed by atoms with Crippen LogP contribution in [0.2, 0.25) is 0 Å². The standard InChI is InChI=1S/C31H36F4N4/c1-5-39(6-2)17-9-11-21(4)36-30-25-14-7-10-20(3)28(25)37-29(38-30)23-13-8-12-22(18-23)26-19-24(31(33,34)35)15-16-27(26)32/h7-8,10,12-16,18-19,21,30,36H,5-6,9,11,17H2,1-4H3,(H,37,38). The van der Waals surface area contributed by atoms with Crippen LogP contribution in [-0.4, -0.2) is 36.4 Å². The van der Waals surface area contributed by atoms with Crippen LogP contribution in [0, 0.1) is 12.7 Å². The average molecular weight is 541 g/mol. The molecule has 1 aliphatic heterocycles. The van der Waals surface area contributed by atoms with E-state index in [0.29, 0.717) is 17.0 Å². The van der Waals surface area contributed by atoms with Crippen LogP contribution < -0.4 is 10.6 Å². The van der Waals surface area contributed by atoms with E-state index in [1.807, 2.05) is 31.2 Å². The fourth-order valence-electron chi connectivity index (χ4n) is 4.99. The van der Waals surface area contributed by atoms with Gasteiger partial charge in [0.05, 0.1) is 11.3 Å². The van der Waals surface area contributed by atoms with Gasteiger partial charge in [0.25, 0.3) is 0 Å². The molecule has 1 heterocycles. The van der Waals surface area contributed by atoms with Gasteiger partial charge < -0.3 is 10.2 Å². The van der Waals surface area contributed by atoms with Gasteiger partial charge >= 0.3 is 6.18 Å². The molecule has 0 saturated heterocycles. The predicted octanol–water partition coefficient (Wildman–Crippen LogP) is 7.60. The van der Waals surface area contributed by atoms with Gasteiger partial charge in [-0.3, -0.25) is 5.32 Å². The first-order valence-electron chi connectivity index (χ1n) is 13.5. The number of halogens is 4. The van der Waals surface area contributed by atoms with Crippen molar-refractivity contribution >= 4 is 11.5 Å². The Balaban J connectivity index is 1.61. The van der Waals surface area contributed by atoms with Gasteiger partial charge in [-0.05, 0) is 81.7 Å². The number of rotatable bonds is 10. The summed E-state index contributed by atoms with van der Waals surface area (Å²) < 4.78 is 54.6. The van der Waals surface area contributed by atoms with Crippen molar-refractivity contribution in [1.29, 1.82) is 0 Å². The van der Waals surface area contributed by atoms with Crippen molar-refractivity contribution in [2.45, 2.75) is 58.9 Å². The fourth-order valence-corrected chi connectivity index (χ4v) is 4.99. The smallest absolute Gasteiger partial charge is 0.350 e. The second-order valence-electron chi connectivity index (χ2n) is 10.1. The lowest BCUT2D eigenvalue weighted by Crippen LogP contribution is -2.44. The second kappa shape index (κ2) is 12.3. The molecule has 2 unspecified atom stereocenters. The molecule has 0 fully saturated rings. The Labute approximate surface area is 228 Å². The van der Waals surface area contributed by atoms with Crippen molar-refractivity contribution in [2.75, 3.05) is 19.6 Å². The number of fused-ring (bicyclic) bond motifs is 1. The van der Waals surface area contributed by atoms with Crippen molar-refractivity contribution in [3.8, 4) is 11.1 Å². The van der Waals surface area contributed by atoms with Gasteiger partial charge in [-0.25, -0.2) is 9.38 Å². The van der Waals surface area contributed by atoms with Gasteiger partial charge in [0.2, 0.25) is 0 Å². The van der Waals surface area contributed by atoms with E-state index in [4.69, 9.17) is 4.99 Å². The van der Waals surface area contributed by atoms with Gasteiger partial charge in [0.1, 0.15) is 17.8 Å². The first-order chi connectivity index (χ1) is 18.6. The van der Waals surface area contributed by atoms with Gasteiger partial charge in [0, 0.05) is 22.7 Å². The molecular weight excluding hydrogens is 504 g/mol. The van der Waals surface area contributed by atoms with Crippen molar-refractivity contribution in [3.05, 3.63) is 88.7 Å². The molecule has 39 heavy (non-hydrogen) atoms. The van der Waals surface area contributed by atoms with Crippen LogP contribution in [0.25, 0.3) is 11.1 Å². The van der Waals surface area contributed by atoms with Crippen LogP contribution in [0.4, 0.5) is 23.2 Å². The lowest BCUT2D eigenvalue weighted by molar-refractivity contribution is -0.137. The van der Waals surface area contributed by atoms with Gasteiger partial charge in [-0.1, -0.05) is 50.2 Å². The van der Waals surface area contributed by atoms with Crippen LogP contribution >= 0.6 is 0 Å². The van der Waals surface area contributed by atoms with Crippen molar-refractivity contribution in [2.24, 2.45) is 4.99 Å². The molecule has 0 amide bonds. The summed E-state index contributed by atoms with van der Waals surface area (Å²) in [5, 5.41) is 7.19. The predicted molar refractivity (Wildman–Crippen MR) is 150 cm³/mol. The van der Waals surface area contributed by atoms with E-state index < -0.39 is 17.6 Å². The third-order valence-corrected chi connectivity index (χ3v) is 7.28. The van der Waals surface area contributed by atoms with E-state index in [9.17, 15) is 17.6 Å². The zero-order valence-corrected chi connectivity index (χ0v) is 22.9. The number of benzene rings is 3. The maximum absolute atomic E-state index is 14.6. The van der Waals surface area contributed by atoms with E-state index >= 15 is 0 Å². The number of aryl methyl sites for hydroxylation is 1. The zero-order chi connectivity index (χ0) is 28.2. The highest BCUT2D eigenvalue weighted by Crippen LogP contribution is 2.35. The lowest BCUT2D eigenvalue weighted by Gasteiger charge is -2.31. The van der Waals surface area contributed by atoms with Gasteiger partial charge in [-0.15, -0.1) is 0 Å². The monoisotopic (exact) mass is 540 g/mol. The van der Waals surface area contributed by atoms with E-state index in [0.717, 1.165) is 67.5 Å². The number of alkyl halides is 3. The minimum atomic E-state index is -4.56. The Hall–Kier alpha value is -3.23. The van der Waals surface area contributed by atoms with E-state index in [1.165, 1.54) is 0 Å². The number of aliphatic imine (C=N–C) groups is 1. The molecule has 208 valence electrons. The maximum Gasteiger partial charge on any atom is 0.416 e. The van der Waals surface area contributed by atoms with Crippen molar-refractivity contribution < 1.29 is 17.6 Å². The Bertz CT molecular complexity index is 1310. The molecule has 2 N–H and O–H groups in total. The van der Waals surface area contributed by atoms with Gasteiger partial charge in [0.15, 0.2) is 0 Å². The highest BCUT2D eigenvalue weighted by molar-refractivity contribution is 6.03. The molecule has 2 atom stereocenters. The minimum Gasteiger partial charge on any atom is -0.350 e. The molecule has 4 rings (SSSR count). The Morgan fingerprint density at radius 1 is 1.00 bits per heavy atom. The summed E-state index contributed by atoms with van der Waals surface area (Å²) in [5.41, 5.74) is 2.94. The lowest BCUT2D eigenvalue weighted by atomic mass is 9.98. The Kier molecular flexibility index (Phi) is 9.08. The molecule has 3 aromatic rings. The molecule has 0 aromatic heterocycles. The van der Waals surface area contributed by atoms with E-state index in [2.05, 4.69) is 36.3 Å². The largest absolute Gasteiger partial charge is 0.416 e. The summed E-state index contributed by atoms with van der Waals surface area (Å²) in [6, 6.07) is 15.6. The van der Waals surface area contributed by atoms with Crippen molar-refractivity contribution in [1.82, 2.24) is 15.5 Å². The molecule has 1 aliphatic rings. The third kappa shape index (κ3) is 6.86. The van der Waals surface area contributed by atoms with Gasteiger partial charge in [-0.2, -0.15) is 13.2 Å². The highest BCUT2D eigenvalue weighted by Gasteiger charge is 2.31. The molecule has 8 heteroatoms. The summed E-state index contributed by atoms with van der Waals surface area (Å²) in [6.45, 7) is 11.7. The average Bonchev–Trinajstić information content (AvgIpc) is 2.91. The quantitative estimate of drug-likeness (QED) is 0.260. The summed E-state index contributed by atoms with van der Waals surface area (Å²) in [5.74, 6) is -0.128. The number of para-hydroxylation sites is 1. The molecule has 0 aliphatic carbocycles. The number of amidine groups is 1. The highest BCUT2D eigenvalue weighted by atomic mass is 19.4. The number of nitrogens with one attached hydrogen (secondary N) is 2. The second-order valence-corrected chi connectivity index (χ2v) is 10.1. The summed E-state index contributed by atoms with van der Waals surface area (Å²) in [7, 11) is 0. The van der Waals surface area contributed by atoms with Crippen LogP contribution in [0.3, 0.4) is 0 Å². The first kappa shape index (κ1) is 28.8. The summed E-state index contributed by atoms with van der Waals surface area (Å²) >= 11 is 0. The maximum atomic E-state index is 14.6. The Morgan fingerprint density at radius 3 is 2.44 bits per heavy atom. The van der Waals surface area contributed by atoms with Crippen LogP contribution in [0.1, 0.15) is 62.0 Å². The SMILES string of the molecule is CCN(CC)CCCC(C)NC1NC(c2cccc(-c3cc(C(F)(F)F)ccc3F)c2)=Nc2c(C)cccc21. The number of nitrogens with zero attached hydrogens (tertiary/aromatic N) is 2. The molecular formula is C31H36F4N4. The van der Waals surface area contributed by atoms with Crippen LogP contribution in [-0.2, 0) is 6.18 Å². The molecule has 0 spiro atoms. The van der Waals surface area contributed by atoms with Crippen LogP contribution in [0.5, 0.6) is 0 Å². The Morgan fingerprint density at radius 2 is 1.72 bits per heavy atom. The molecule has 3 aromatic carbocycles. The van der Waals surface area contributed by atoms with E-state index in [-0.39, 0.29) is 17.8 Å².